The van der Waals surface area contributed by atoms with Crippen molar-refractivity contribution < 1.29 is 9.59 Å². The molecular formula is C18H19N5O2S. The number of nitrogens with two attached hydrogens (primary N) is 1. The number of pyridine rings is 1. The van der Waals surface area contributed by atoms with Gasteiger partial charge in [-0.25, -0.2) is 9.78 Å². The van der Waals surface area contributed by atoms with Crippen molar-refractivity contribution >= 4 is 29.0 Å². The van der Waals surface area contributed by atoms with Gasteiger partial charge in [-0.2, -0.15) is 0 Å². The number of aromatic nitrogens is 1. The van der Waals surface area contributed by atoms with Crippen LogP contribution in [0.5, 0.6) is 0 Å². The van der Waals surface area contributed by atoms with Crippen LogP contribution < -0.4 is 21.7 Å². The highest BCUT2D eigenvalue weighted by Crippen LogP contribution is 2.27. The average molecular weight is 369 g/mol. The van der Waals surface area contributed by atoms with E-state index < -0.39 is 6.03 Å². The molecular weight excluding hydrogens is 350 g/mol. The zero-order valence-corrected chi connectivity index (χ0v) is 14.9. The van der Waals surface area contributed by atoms with Crippen LogP contribution in [0.1, 0.15) is 33.1 Å². The molecule has 7 nitrogen and oxygen atoms in total. The van der Waals surface area contributed by atoms with E-state index >= 15 is 0 Å². The first-order chi connectivity index (χ1) is 12.6. The number of primary amides is 1. The van der Waals surface area contributed by atoms with E-state index in [0.29, 0.717) is 21.1 Å². The highest BCUT2D eigenvalue weighted by Gasteiger charge is 2.21. The second kappa shape index (κ2) is 8.47. The molecule has 5 N–H and O–H groups in total. The van der Waals surface area contributed by atoms with E-state index in [4.69, 9.17) is 5.73 Å². The van der Waals surface area contributed by atoms with Gasteiger partial charge in [0.25, 0.3) is 5.91 Å². The smallest absolute Gasteiger partial charge is 0.316 e. The van der Waals surface area contributed by atoms with Crippen molar-refractivity contribution in [1.82, 2.24) is 15.6 Å². The lowest BCUT2D eigenvalue weighted by molar-refractivity contribution is 0.0935. The maximum Gasteiger partial charge on any atom is 0.316 e. The first kappa shape index (κ1) is 17.9. The third-order valence-corrected chi connectivity index (χ3v) is 4.86. The number of carbonyl (C=O) groups excluding carboxylic acids is 2. The lowest BCUT2D eigenvalue weighted by atomic mass is 10.1. The number of nitrogens with zero attached hydrogens (tertiary/aromatic N) is 1. The molecule has 134 valence electrons. The molecule has 1 saturated heterocycles. The summed E-state index contributed by atoms with van der Waals surface area (Å²) in [4.78, 5) is 29.0. The van der Waals surface area contributed by atoms with Crippen molar-refractivity contribution in [3.05, 3.63) is 45.9 Å². The highest BCUT2D eigenvalue weighted by molar-refractivity contribution is 7.15. The van der Waals surface area contributed by atoms with Crippen molar-refractivity contribution in [3.63, 3.8) is 0 Å². The maximum absolute atomic E-state index is 12.6. The Hall–Kier alpha value is -2.89. The molecule has 2 aromatic heterocycles. The summed E-state index contributed by atoms with van der Waals surface area (Å²) >= 11 is 1.21. The molecule has 3 rings (SSSR count). The molecule has 0 spiro atoms. The average Bonchev–Trinajstić information content (AvgIpc) is 3.04. The Bertz CT molecular complexity index is 847. The van der Waals surface area contributed by atoms with Gasteiger partial charge in [-0.05, 0) is 49.4 Å². The van der Waals surface area contributed by atoms with Crippen molar-refractivity contribution in [2.24, 2.45) is 5.73 Å². The van der Waals surface area contributed by atoms with Crippen LogP contribution in [0.2, 0.25) is 0 Å². The quantitative estimate of drug-likeness (QED) is 0.615. The summed E-state index contributed by atoms with van der Waals surface area (Å²) in [7, 11) is 0. The standard InChI is InChI=1S/C18H19N5O2S/c19-18(25)23-15-10-14(7-6-12-4-1-2-9-21-12)26-16(15)17(24)22-13-5-3-8-20-11-13/h1-2,4,9-10,13,20H,3,5,8,11H2,(H,22,24)(H3,19,23,25). The largest absolute Gasteiger partial charge is 0.351 e. The molecule has 0 bridgehead atoms. The molecule has 0 aromatic carbocycles. The lowest BCUT2D eigenvalue weighted by Gasteiger charge is -2.23. The Labute approximate surface area is 155 Å². The van der Waals surface area contributed by atoms with Crippen molar-refractivity contribution in [2.75, 3.05) is 18.4 Å². The molecule has 1 unspecified atom stereocenters. The maximum atomic E-state index is 12.6. The Morgan fingerprint density at radius 3 is 2.92 bits per heavy atom. The summed E-state index contributed by atoms with van der Waals surface area (Å²) in [5, 5.41) is 8.74. The van der Waals surface area contributed by atoms with Gasteiger partial charge in [0, 0.05) is 18.8 Å². The van der Waals surface area contributed by atoms with Crippen molar-refractivity contribution in [3.8, 4) is 11.8 Å². The minimum absolute atomic E-state index is 0.0721. The third kappa shape index (κ3) is 4.81. The zero-order valence-electron chi connectivity index (χ0n) is 14.0. The normalized spacial score (nSPS) is 16.2. The fourth-order valence-corrected chi connectivity index (χ4v) is 3.51. The molecule has 3 heterocycles. The van der Waals surface area contributed by atoms with Gasteiger partial charge in [-0.3, -0.25) is 4.79 Å². The number of anilines is 1. The van der Waals surface area contributed by atoms with Gasteiger partial charge in [-0.15, -0.1) is 11.3 Å². The molecule has 1 aliphatic heterocycles. The van der Waals surface area contributed by atoms with Gasteiger partial charge in [0.05, 0.1) is 10.6 Å². The zero-order chi connectivity index (χ0) is 18.4. The van der Waals surface area contributed by atoms with Crippen molar-refractivity contribution in [2.45, 2.75) is 18.9 Å². The van der Waals surface area contributed by atoms with E-state index in [9.17, 15) is 9.59 Å². The number of carbonyl (C=O) groups is 2. The van der Waals surface area contributed by atoms with Crippen LogP contribution in [0, 0.1) is 11.8 Å². The van der Waals surface area contributed by atoms with Crippen LogP contribution in [-0.4, -0.2) is 36.1 Å². The number of rotatable bonds is 3. The molecule has 0 saturated carbocycles. The molecule has 0 aliphatic carbocycles. The molecule has 2 aromatic rings. The van der Waals surface area contributed by atoms with Gasteiger partial charge >= 0.3 is 6.03 Å². The van der Waals surface area contributed by atoms with Gasteiger partial charge in [0.15, 0.2) is 0 Å². The number of piperidine rings is 1. The Morgan fingerprint density at radius 2 is 2.23 bits per heavy atom. The van der Waals surface area contributed by atoms with Crippen LogP contribution in [0.4, 0.5) is 10.5 Å². The van der Waals surface area contributed by atoms with Crippen LogP contribution in [0.3, 0.4) is 0 Å². The monoisotopic (exact) mass is 369 g/mol. The highest BCUT2D eigenvalue weighted by atomic mass is 32.1. The topological polar surface area (TPSA) is 109 Å². The van der Waals surface area contributed by atoms with Gasteiger partial charge in [0.2, 0.25) is 0 Å². The van der Waals surface area contributed by atoms with E-state index in [1.54, 1.807) is 18.3 Å². The summed E-state index contributed by atoms with van der Waals surface area (Å²) in [6.45, 7) is 1.70. The fourth-order valence-electron chi connectivity index (χ4n) is 2.64. The van der Waals surface area contributed by atoms with E-state index in [1.807, 2.05) is 12.1 Å². The molecule has 1 atom stereocenters. The summed E-state index contributed by atoms with van der Waals surface area (Å²) in [6, 6.07) is 6.46. The Morgan fingerprint density at radius 1 is 1.35 bits per heavy atom. The van der Waals surface area contributed by atoms with Crippen LogP contribution >= 0.6 is 11.3 Å². The molecule has 0 radical (unpaired) electrons. The van der Waals surface area contributed by atoms with Crippen LogP contribution in [-0.2, 0) is 0 Å². The minimum Gasteiger partial charge on any atom is -0.351 e. The number of hydrogen-bond donors (Lipinski definition) is 4. The second-order valence-electron chi connectivity index (χ2n) is 5.82. The predicted octanol–water partition coefficient (Wildman–Crippen LogP) is 1.52. The minimum atomic E-state index is -0.722. The predicted molar refractivity (Wildman–Crippen MR) is 101 cm³/mol. The van der Waals surface area contributed by atoms with E-state index in [0.717, 1.165) is 25.9 Å². The molecule has 8 heteroatoms. The summed E-state index contributed by atoms with van der Waals surface area (Å²) in [5.74, 6) is 5.68. The summed E-state index contributed by atoms with van der Waals surface area (Å²) in [5.41, 5.74) is 6.22. The second-order valence-corrected chi connectivity index (χ2v) is 6.88. The summed E-state index contributed by atoms with van der Waals surface area (Å²) in [6.07, 6.45) is 3.60. The van der Waals surface area contributed by atoms with Gasteiger partial charge in [0.1, 0.15) is 10.6 Å². The number of hydrogen-bond acceptors (Lipinski definition) is 5. The number of urea groups is 1. The van der Waals surface area contributed by atoms with Crippen molar-refractivity contribution in [1.29, 1.82) is 0 Å². The van der Waals surface area contributed by atoms with E-state index in [1.165, 1.54) is 11.3 Å². The first-order valence-electron chi connectivity index (χ1n) is 8.27. The third-order valence-electron chi connectivity index (χ3n) is 3.81. The van der Waals surface area contributed by atoms with Gasteiger partial charge < -0.3 is 21.7 Å². The number of amides is 3. The molecule has 1 aliphatic rings. The Balaban J connectivity index is 1.81. The molecule has 26 heavy (non-hydrogen) atoms. The Kier molecular flexibility index (Phi) is 5.84. The SMILES string of the molecule is NC(=O)Nc1cc(C#Cc2ccccn2)sc1C(=O)NC1CCCNC1. The van der Waals surface area contributed by atoms with Crippen LogP contribution in [0.25, 0.3) is 0 Å². The number of nitrogens with one attached hydrogen (secondary N) is 3. The van der Waals surface area contributed by atoms with Crippen LogP contribution in [0.15, 0.2) is 30.5 Å². The van der Waals surface area contributed by atoms with E-state index in [-0.39, 0.29) is 11.9 Å². The molecule has 3 amide bonds. The summed E-state index contributed by atoms with van der Waals surface area (Å²) < 4.78 is 0. The van der Waals surface area contributed by atoms with Gasteiger partial charge in [-0.1, -0.05) is 6.07 Å². The fraction of sp³-hybridized carbons (Fsp3) is 0.278. The number of thiophene rings is 1. The van der Waals surface area contributed by atoms with E-state index in [2.05, 4.69) is 32.8 Å². The lowest BCUT2D eigenvalue weighted by Crippen LogP contribution is -2.45. The molecule has 1 fully saturated rings. The first-order valence-corrected chi connectivity index (χ1v) is 9.08.